The van der Waals surface area contributed by atoms with Crippen molar-refractivity contribution in [3.8, 4) is 0 Å². The van der Waals surface area contributed by atoms with Crippen LogP contribution in [0.1, 0.15) is 32.6 Å². The minimum atomic E-state index is 0.138. The molecule has 0 unspecified atom stereocenters. The first-order chi connectivity index (χ1) is 10.7. The normalized spacial score (nSPS) is 21.2. The van der Waals surface area contributed by atoms with E-state index in [9.17, 15) is 9.59 Å². The molecule has 0 aromatic rings. The lowest BCUT2D eigenvalue weighted by Gasteiger charge is -2.38. The number of likely N-dealkylation sites (tertiary alicyclic amines) is 1. The molecule has 126 valence electrons. The molecule has 2 rings (SSSR count). The Morgan fingerprint density at radius 3 is 2.14 bits per heavy atom. The first-order valence-corrected chi connectivity index (χ1v) is 8.55. The zero-order valence-electron chi connectivity index (χ0n) is 13.7. The lowest BCUT2D eigenvalue weighted by atomic mass is 9.95. The molecule has 0 aromatic heterocycles. The molecular weight excluding hydrogens is 282 g/mol. The van der Waals surface area contributed by atoms with Gasteiger partial charge in [0.1, 0.15) is 0 Å². The maximum atomic E-state index is 12.6. The Bertz CT molecular complexity index is 373. The van der Waals surface area contributed by atoms with Crippen LogP contribution >= 0.6 is 0 Å². The fraction of sp³-hybridized carbons (Fsp3) is 0.875. The number of piperazine rings is 1. The van der Waals surface area contributed by atoms with Crippen molar-refractivity contribution < 1.29 is 14.7 Å². The summed E-state index contributed by atoms with van der Waals surface area (Å²) in [6.07, 6.45) is 3.18. The smallest absolute Gasteiger partial charge is 0.225 e. The van der Waals surface area contributed by atoms with Crippen molar-refractivity contribution in [3.05, 3.63) is 0 Å². The molecular formula is C16H29N3O3. The monoisotopic (exact) mass is 311 g/mol. The van der Waals surface area contributed by atoms with Gasteiger partial charge in [0.05, 0.1) is 0 Å². The van der Waals surface area contributed by atoms with Crippen LogP contribution in [0, 0.1) is 5.92 Å². The van der Waals surface area contributed by atoms with Gasteiger partial charge in [-0.05, 0) is 32.4 Å². The first kappa shape index (κ1) is 17.2. The molecule has 2 heterocycles. The van der Waals surface area contributed by atoms with Crippen molar-refractivity contribution in [2.75, 3.05) is 52.4 Å². The molecule has 0 radical (unpaired) electrons. The van der Waals surface area contributed by atoms with E-state index in [4.69, 9.17) is 5.11 Å². The Kier molecular flexibility index (Phi) is 6.64. The molecule has 2 aliphatic rings. The first-order valence-electron chi connectivity index (χ1n) is 8.55. The molecule has 0 bridgehead atoms. The number of carbonyl (C=O) groups excluding carboxylic acids is 2. The molecule has 0 aliphatic carbocycles. The molecule has 2 fully saturated rings. The van der Waals surface area contributed by atoms with E-state index in [1.165, 1.54) is 0 Å². The second-order valence-electron chi connectivity index (χ2n) is 6.25. The summed E-state index contributed by atoms with van der Waals surface area (Å²) < 4.78 is 0. The lowest BCUT2D eigenvalue weighted by Crippen LogP contribution is -2.52. The lowest BCUT2D eigenvalue weighted by molar-refractivity contribution is -0.143. The van der Waals surface area contributed by atoms with Crippen LogP contribution in [0.25, 0.3) is 0 Å². The third-order valence-electron chi connectivity index (χ3n) is 4.82. The standard InChI is InChI=1S/C16H29N3O3/c1-2-15(21)18-9-11-19(12-10-18)16(22)14-4-7-17(8-5-14)6-3-13-20/h14,20H,2-13H2,1H3. The average Bonchev–Trinajstić information content (AvgIpc) is 2.59. The molecule has 1 N–H and O–H groups in total. The largest absolute Gasteiger partial charge is 0.396 e. The van der Waals surface area contributed by atoms with E-state index >= 15 is 0 Å². The van der Waals surface area contributed by atoms with Crippen molar-refractivity contribution in [2.45, 2.75) is 32.6 Å². The summed E-state index contributed by atoms with van der Waals surface area (Å²) in [6.45, 7) is 7.64. The van der Waals surface area contributed by atoms with Crippen LogP contribution in [0.5, 0.6) is 0 Å². The molecule has 6 nitrogen and oxygen atoms in total. The molecule has 2 saturated heterocycles. The number of nitrogens with zero attached hydrogens (tertiary/aromatic N) is 3. The van der Waals surface area contributed by atoms with Crippen LogP contribution in [0.15, 0.2) is 0 Å². The number of aliphatic hydroxyl groups excluding tert-OH is 1. The topological polar surface area (TPSA) is 64.1 Å². The summed E-state index contributed by atoms with van der Waals surface area (Å²) in [5, 5.41) is 8.87. The molecule has 2 aliphatic heterocycles. The van der Waals surface area contributed by atoms with Gasteiger partial charge in [0.2, 0.25) is 11.8 Å². The second kappa shape index (κ2) is 8.48. The minimum Gasteiger partial charge on any atom is -0.396 e. The number of piperidine rings is 1. The fourth-order valence-corrected chi connectivity index (χ4v) is 3.36. The summed E-state index contributed by atoms with van der Waals surface area (Å²) in [6, 6.07) is 0. The quantitative estimate of drug-likeness (QED) is 0.786. The van der Waals surface area contributed by atoms with Crippen LogP contribution in [0.4, 0.5) is 0 Å². The fourth-order valence-electron chi connectivity index (χ4n) is 3.36. The average molecular weight is 311 g/mol. The zero-order chi connectivity index (χ0) is 15.9. The Balaban J connectivity index is 1.73. The van der Waals surface area contributed by atoms with Gasteiger partial charge in [0.15, 0.2) is 0 Å². The van der Waals surface area contributed by atoms with E-state index < -0.39 is 0 Å². The molecule has 0 aromatic carbocycles. The molecule has 0 spiro atoms. The highest BCUT2D eigenvalue weighted by Crippen LogP contribution is 2.20. The van der Waals surface area contributed by atoms with Gasteiger partial charge in [-0.2, -0.15) is 0 Å². The zero-order valence-corrected chi connectivity index (χ0v) is 13.7. The van der Waals surface area contributed by atoms with Crippen molar-refractivity contribution in [2.24, 2.45) is 5.92 Å². The van der Waals surface area contributed by atoms with Crippen molar-refractivity contribution >= 4 is 11.8 Å². The van der Waals surface area contributed by atoms with Gasteiger partial charge >= 0.3 is 0 Å². The van der Waals surface area contributed by atoms with Gasteiger partial charge in [-0.15, -0.1) is 0 Å². The number of rotatable bonds is 5. The Morgan fingerprint density at radius 1 is 1.00 bits per heavy atom. The Labute approximate surface area is 133 Å². The predicted molar refractivity (Wildman–Crippen MR) is 84.3 cm³/mol. The van der Waals surface area contributed by atoms with E-state index in [0.717, 1.165) is 38.9 Å². The van der Waals surface area contributed by atoms with E-state index in [2.05, 4.69) is 4.90 Å². The van der Waals surface area contributed by atoms with E-state index in [1.54, 1.807) is 0 Å². The van der Waals surface area contributed by atoms with Crippen LogP contribution < -0.4 is 0 Å². The van der Waals surface area contributed by atoms with Gasteiger partial charge in [-0.25, -0.2) is 0 Å². The van der Waals surface area contributed by atoms with Crippen LogP contribution in [0.2, 0.25) is 0 Å². The predicted octanol–water partition coefficient (Wildman–Crippen LogP) is 0.162. The van der Waals surface area contributed by atoms with Gasteiger partial charge in [-0.1, -0.05) is 6.92 Å². The molecule has 2 amide bonds. The van der Waals surface area contributed by atoms with Crippen molar-refractivity contribution in [1.29, 1.82) is 0 Å². The highest BCUT2D eigenvalue weighted by atomic mass is 16.3. The molecule has 0 atom stereocenters. The van der Waals surface area contributed by atoms with Crippen molar-refractivity contribution in [1.82, 2.24) is 14.7 Å². The number of carbonyl (C=O) groups is 2. The Hall–Kier alpha value is -1.14. The minimum absolute atomic E-state index is 0.138. The Morgan fingerprint density at radius 2 is 1.59 bits per heavy atom. The van der Waals surface area contributed by atoms with Crippen molar-refractivity contribution in [3.63, 3.8) is 0 Å². The molecule has 0 saturated carbocycles. The highest BCUT2D eigenvalue weighted by Gasteiger charge is 2.30. The number of hydrogen-bond donors (Lipinski definition) is 1. The summed E-state index contributed by atoms with van der Waals surface area (Å²) in [5.41, 5.74) is 0. The number of aliphatic hydroxyl groups is 1. The van der Waals surface area contributed by atoms with Gasteiger partial charge < -0.3 is 19.8 Å². The summed E-state index contributed by atoms with van der Waals surface area (Å²) in [4.78, 5) is 30.4. The third-order valence-corrected chi connectivity index (χ3v) is 4.82. The maximum Gasteiger partial charge on any atom is 0.225 e. The number of amides is 2. The summed E-state index contributed by atoms with van der Waals surface area (Å²) in [5.74, 6) is 0.591. The van der Waals surface area contributed by atoms with Crippen LogP contribution in [-0.2, 0) is 9.59 Å². The maximum absolute atomic E-state index is 12.6. The highest BCUT2D eigenvalue weighted by molar-refractivity contribution is 5.80. The van der Waals surface area contributed by atoms with E-state index in [0.29, 0.717) is 32.6 Å². The van der Waals surface area contributed by atoms with E-state index in [1.807, 2.05) is 16.7 Å². The second-order valence-corrected chi connectivity index (χ2v) is 6.25. The summed E-state index contributed by atoms with van der Waals surface area (Å²) in [7, 11) is 0. The van der Waals surface area contributed by atoms with Gasteiger partial charge in [0.25, 0.3) is 0 Å². The third kappa shape index (κ3) is 4.43. The van der Waals surface area contributed by atoms with Crippen LogP contribution in [0.3, 0.4) is 0 Å². The number of hydrogen-bond acceptors (Lipinski definition) is 4. The molecule has 6 heteroatoms. The summed E-state index contributed by atoms with van der Waals surface area (Å²) >= 11 is 0. The van der Waals surface area contributed by atoms with E-state index in [-0.39, 0.29) is 24.3 Å². The molecule has 22 heavy (non-hydrogen) atoms. The van der Waals surface area contributed by atoms with Gasteiger partial charge in [-0.3, -0.25) is 9.59 Å². The van der Waals surface area contributed by atoms with Crippen LogP contribution in [-0.4, -0.2) is 84.0 Å². The van der Waals surface area contributed by atoms with Gasteiger partial charge in [0, 0.05) is 51.7 Å². The SMILES string of the molecule is CCC(=O)N1CCN(C(=O)C2CCN(CCCO)CC2)CC1.